The average Bonchev–Trinajstić information content (AvgIpc) is 3.08. The number of hydrogen-bond acceptors (Lipinski definition) is 8. The van der Waals surface area contributed by atoms with E-state index in [1.54, 1.807) is 19.9 Å². The van der Waals surface area contributed by atoms with Crippen molar-refractivity contribution in [1.82, 2.24) is 9.13 Å². The molecule has 2 saturated heterocycles. The molecule has 0 amide bonds. The van der Waals surface area contributed by atoms with Crippen molar-refractivity contribution >= 4 is 7.82 Å². The van der Waals surface area contributed by atoms with Crippen LogP contribution in [0, 0.1) is 5.41 Å². The summed E-state index contributed by atoms with van der Waals surface area (Å²) in [5, 5.41) is 9.87. The fraction of sp³-hybridized carbons (Fsp3) is 0.478. The topological polar surface area (TPSA) is 118 Å². The molecule has 0 saturated carbocycles. The molecule has 0 radical (unpaired) electrons. The molecular weight excluding hydrogens is 463 g/mol. The Labute approximate surface area is 198 Å². The zero-order valence-electron chi connectivity index (χ0n) is 19.4. The summed E-state index contributed by atoms with van der Waals surface area (Å²) >= 11 is 0. The SMILES string of the molecule is C=CC=C(C=C)Cn1c(=O)ccn(C2OC3COP(=O)(OC(C)C)OC3C2(C=C)CCO)c1=O. The second-order valence-electron chi connectivity index (χ2n) is 8.35. The first kappa shape index (κ1) is 26.3. The minimum absolute atomic E-state index is 0.0221. The highest BCUT2D eigenvalue weighted by molar-refractivity contribution is 7.48. The van der Waals surface area contributed by atoms with Crippen LogP contribution in [0.1, 0.15) is 26.5 Å². The van der Waals surface area contributed by atoms with Crippen molar-refractivity contribution in [3.05, 3.63) is 82.7 Å². The summed E-state index contributed by atoms with van der Waals surface area (Å²) in [7, 11) is -3.91. The number of phosphoric acid groups is 1. The average molecular weight is 494 g/mol. The molecule has 11 heteroatoms. The Morgan fingerprint density at radius 2 is 2.12 bits per heavy atom. The summed E-state index contributed by atoms with van der Waals surface area (Å²) in [6.07, 6.45) is 4.61. The van der Waals surface area contributed by atoms with Crippen LogP contribution in [0.5, 0.6) is 0 Å². The number of allylic oxidation sites excluding steroid dienone is 4. The molecule has 5 unspecified atom stereocenters. The summed E-state index contributed by atoms with van der Waals surface area (Å²) in [4.78, 5) is 26.0. The molecule has 2 aliphatic rings. The summed E-state index contributed by atoms with van der Waals surface area (Å²) < 4.78 is 38.1. The Morgan fingerprint density at radius 1 is 1.38 bits per heavy atom. The first-order valence-corrected chi connectivity index (χ1v) is 12.4. The van der Waals surface area contributed by atoms with E-state index >= 15 is 0 Å². The molecule has 5 atom stereocenters. The standard InChI is InChI=1S/C23H31N2O8P/c1-6-9-17(7-2)14-25-19(27)10-12-24(22(25)28)21-23(8-3,11-13-26)20-18(31-21)15-30-34(29,33-20)32-16(4)5/h6-10,12,16,18,20-21,26H,1-3,11,13-15H2,4-5H3. The van der Waals surface area contributed by atoms with Gasteiger partial charge in [-0.1, -0.05) is 37.5 Å². The Hall–Kier alpha value is -2.33. The molecule has 1 aromatic heterocycles. The number of aliphatic hydroxyl groups is 1. The summed E-state index contributed by atoms with van der Waals surface area (Å²) in [5.41, 5.74) is -1.69. The molecule has 2 aliphatic heterocycles. The van der Waals surface area contributed by atoms with Crippen molar-refractivity contribution in [3.63, 3.8) is 0 Å². The van der Waals surface area contributed by atoms with E-state index in [1.165, 1.54) is 35.1 Å². The van der Waals surface area contributed by atoms with E-state index in [9.17, 15) is 19.3 Å². The number of phosphoric ester groups is 1. The summed E-state index contributed by atoms with van der Waals surface area (Å²) in [5.74, 6) is 0. The lowest BCUT2D eigenvalue weighted by Crippen LogP contribution is -2.47. The zero-order valence-corrected chi connectivity index (χ0v) is 20.3. The van der Waals surface area contributed by atoms with Gasteiger partial charge in [0.25, 0.3) is 5.56 Å². The predicted molar refractivity (Wildman–Crippen MR) is 126 cm³/mol. The van der Waals surface area contributed by atoms with Crippen LogP contribution in [0.2, 0.25) is 0 Å². The highest BCUT2D eigenvalue weighted by atomic mass is 31.2. The van der Waals surface area contributed by atoms with E-state index in [0.29, 0.717) is 5.57 Å². The van der Waals surface area contributed by atoms with Gasteiger partial charge in [0.15, 0.2) is 6.23 Å². The molecule has 10 nitrogen and oxygen atoms in total. The monoisotopic (exact) mass is 494 g/mol. The number of fused-ring (bicyclic) bond motifs is 1. The zero-order chi connectivity index (χ0) is 25.1. The molecule has 186 valence electrons. The maximum Gasteiger partial charge on any atom is 0.475 e. The van der Waals surface area contributed by atoms with Crippen molar-refractivity contribution in [2.24, 2.45) is 5.41 Å². The summed E-state index contributed by atoms with van der Waals surface area (Å²) in [6, 6.07) is 1.25. The minimum atomic E-state index is -3.91. The van der Waals surface area contributed by atoms with E-state index in [-0.39, 0.29) is 26.2 Å². The first-order chi connectivity index (χ1) is 16.1. The van der Waals surface area contributed by atoms with E-state index < -0.39 is 49.0 Å². The van der Waals surface area contributed by atoms with Gasteiger partial charge in [0.1, 0.15) is 12.2 Å². The molecule has 0 bridgehead atoms. The van der Waals surface area contributed by atoms with Crippen molar-refractivity contribution in [2.45, 2.75) is 51.4 Å². The smallest absolute Gasteiger partial charge is 0.396 e. The third kappa shape index (κ3) is 4.88. The Bertz CT molecular complexity index is 1140. The third-order valence-corrected chi connectivity index (χ3v) is 7.45. The number of aromatic nitrogens is 2. The van der Waals surface area contributed by atoms with Crippen molar-refractivity contribution in [1.29, 1.82) is 0 Å². The van der Waals surface area contributed by atoms with Crippen LogP contribution in [0.4, 0.5) is 0 Å². The van der Waals surface area contributed by atoms with Gasteiger partial charge < -0.3 is 9.84 Å². The van der Waals surface area contributed by atoms with Gasteiger partial charge in [0.05, 0.1) is 24.7 Å². The van der Waals surface area contributed by atoms with Gasteiger partial charge in [-0.2, -0.15) is 0 Å². The van der Waals surface area contributed by atoms with Crippen LogP contribution in [-0.2, 0) is 29.4 Å². The van der Waals surface area contributed by atoms with Crippen LogP contribution in [0.3, 0.4) is 0 Å². The van der Waals surface area contributed by atoms with Gasteiger partial charge in [-0.15, -0.1) is 6.58 Å². The molecule has 3 heterocycles. The lowest BCUT2D eigenvalue weighted by molar-refractivity contribution is -0.0751. The number of aliphatic hydroxyl groups excluding tert-OH is 1. The second kappa shape index (κ2) is 10.5. The lowest BCUT2D eigenvalue weighted by atomic mass is 9.77. The van der Waals surface area contributed by atoms with Gasteiger partial charge >= 0.3 is 13.5 Å². The molecule has 0 aromatic carbocycles. The van der Waals surface area contributed by atoms with Crippen LogP contribution >= 0.6 is 7.82 Å². The van der Waals surface area contributed by atoms with Crippen LogP contribution in [0.25, 0.3) is 0 Å². The van der Waals surface area contributed by atoms with E-state index in [0.717, 1.165) is 4.57 Å². The highest BCUT2D eigenvalue weighted by Crippen LogP contribution is 2.62. The molecule has 0 spiro atoms. The molecule has 1 N–H and O–H groups in total. The molecule has 3 rings (SSSR count). The number of rotatable bonds is 10. The normalized spacial score (nSPS) is 31.3. The highest BCUT2D eigenvalue weighted by Gasteiger charge is 2.61. The maximum atomic E-state index is 13.4. The van der Waals surface area contributed by atoms with E-state index in [4.69, 9.17) is 18.3 Å². The predicted octanol–water partition coefficient (Wildman–Crippen LogP) is 2.71. The van der Waals surface area contributed by atoms with Crippen molar-refractivity contribution < 1.29 is 28.0 Å². The molecule has 1 aromatic rings. The minimum Gasteiger partial charge on any atom is -0.396 e. The van der Waals surface area contributed by atoms with Crippen LogP contribution in [-0.4, -0.2) is 45.8 Å². The number of hydrogen-bond donors (Lipinski definition) is 1. The Balaban J connectivity index is 2.09. The quantitative estimate of drug-likeness (QED) is 0.300. The Morgan fingerprint density at radius 3 is 2.71 bits per heavy atom. The molecule has 34 heavy (non-hydrogen) atoms. The largest absolute Gasteiger partial charge is 0.475 e. The van der Waals surface area contributed by atoms with Crippen molar-refractivity contribution in [2.75, 3.05) is 13.2 Å². The van der Waals surface area contributed by atoms with Crippen LogP contribution in [0.15, 0.2) is 71.5 Å². The third-order valence-electron chi connectivity index (χ3n) is 5.82. The van der Waals surface area contributed by atoms with Gasteiger partial charge in [0, 0.05) is 18.9 Å². The van der Waals surface area contributed by atoms with Crippen molar-refractivity contribution in [3.8, 4) is 0 Å². The summed E-state index contributed by atoms with van der Waals surface area (Å²) in [6.45, 7) is 14.2. The van der Waals surface area contributed by atoms with Gasteiger partial charge in [-0.05, 0) is 25.8 Å². The molecule has 2 fully saturated rings. The molecule has 0 aliphatic carbocycles. The first-order valence-electron chi connectivity index (χ1n) is 10.9. The maximum absolute atomic E-state index is 13.4. The second-order valence-corrected chi connectivity index (χ2v) is 9.93. The number of ether oxygens (including phenoxy) is 1. The number of nitrogens with zero attached hydrogens (tertiary/aromatic N) is 2. The van der Waals surface area contributed by atoms with Gasteiger partial charge in [0.2, 0.25) is 0 Å². The lowest BCUT2D eigenvalue weighted by Gasteiger charge is -2.39. The van der Waals surface area contributed by atoms with Crippen LogP contribution < -0.4 is 11.2 Å². The van der Waals surface area contributed by atoms with E-state index in [2.05, 4.69) is 19.7 Å². The fourth-order valence-electron chi connectivity index (χ4n) is 4.27. The fourth-order valence-corrected chi connectivity index (χ4v) is 5.90. The van der Waals surface area contributed by atoms with Gasteiger partial charge in [-0.25, -0.2) is 9.36 Å². The van der Waals surface area contributed by atoms with E-state index in [1.807, 2.05) is 0 Å². The molecular formula is C23H31N2O8P. The van der Waals surface area contributed by atoms with Gasteiger partial charge in [-0.3, -0.25) is 27.5 Å². The Kier molecular flexibility index (Phi) is 8.13.